The molecule has 6 rings (SSSR count). The quantitative estimate of drug-likeness (QED) is 0.524. The van der Waals surface area contributed by atoms with E-state index in [-0.39, 0.29) is 25.3 Å². The number of carbonyl (C=O) groups excluding carboxylic acids is 2. The maximum Gasteiger partial charge on any atom is 0.231 e. The highest BCUT2D eigenvalue weighted by Gasteiger charge is 2.44. The maximum absolute atomic E-state index is 13.7. The van der Waals surface area contributed by atoms with Crippen LogP contribution in [0.1, 0.15) is 21.5 Å². The molecule has 0 radical (unpaired) electrons. The molecule has 0 saturated carbocycles. The van der Waals surface area contributed by atoms with Gasteiger partial charge in [-0.2, -0.15) is 0 Å². The summed E-state index contributed by atoms with van der Waals surface area (Å²) < 4.78 is 21.8. The minimum atomic E-state index is -0.470. The number of ketones is 1. The molecule has 3 aliphatic heterocycles. The molecular weight excluding hydrogens is 434 g/mol. The van der Waals surface area contributed by atoms with E-state index < -0.39 is 11.8 Å². The molecule has 1 saturated heterocycles. The molecule has 0 aromatic heterocycles. The van der Waals surface area contributed by atoms with Gasteiger partial charge in [0.05, 0.1) is 11.8 Å². The van der Waals surface area contributed by atoms with Crippen LogP contribution in [0, 0.1) is 11.8 Å². The molecular formula is C27H23NO6. The van der Waals surface area contributed by atoms with Gasteiger partial charge in [-0.05, 0) is 47.9 Å². The summed E-state index contributed by atoms with van der Waals surface area (Å²) in [5.74, 6) is 1.53. The van der Waals surface area contributed by atoms with Crippen molar-refractivity contribution in [1.29, 1.82) is 0 Å². The van der Waals surface area contributed by atoms with E-state index in [1.165, 1.54) is 0 Å². The monoisotopic (exact) mass is 457 g/mol. The first-order valence-corrected chi connectivity index (χ1v) is 11.3. The van der Waals surface area contributed by atoms with E-state index in [0.717, 1.165) is 11.1 Å². The van der Waals surface area contributed by atoms with Crippen LogP contribution in [-0.4, -0.2) is 36.7 Å². The molecule has 0 unspecified atom stereocenters. The fraction of sp³-hybridized carbons (Fsp3) is 0.259. The lowest BCUT2D eigenvalue weighted by Gasteiger charge is -2.17. The third kappa shape index (κ3) is 3.73. The normalized spacial score (nSPS) is 20.1. The number of likely N-dealkylation sites (tertiary alicyclic amines) is 1. The number of ether oxygens (including phenoxy) is 4. The van der Waals surface area contributed by atoms with Gasteiger partial charge in [0.1, 0.15) is 0 Å². The van der Waals surface area contributed by atoms with Crippen LogP contribution in [-0.2, 0) is 17.8 Å². The van der Waals surface area contributed by atoms with Crippen LogP contribution in [0.2, 0.25) is 0 Å². The molecule has 0 aliphatic carbocycles. The summed E-state index contributed by atoms with van der Waals surface area (Å²) in [4.78, 5) is 29.0. The van der Waals surface area contributed by atoms with Gasteiger partial charge >= 0.3 is 0 Å². The van der Waals surface area contributed by atoms with Gasteiger partial charge < -0.3 is 23.8 Å². The van der Waals surface area contributed by atoms with Crippen LogP contribution in [0.15, 0.2) is 66.7 Å². The minimum Gasteiger partial charge on any atom is -0.454 e. The highest BCUT2D eigenvalue weighted by molar-refractivity contribution is 6.02. The zero-order valence-corrected chi connectivity index (χ0v) is 18.4. The van der Waals surface area contributed by atoms with Crippen LogP contribution in [0.3, 0.4) is 0 Å². The lowest BCUT2D eigenvalue weighted by Crippen LogP contribution is -2.27. The van der Waals surface area contributed by atoms with Gasteiger partial charge in [0, 0.05) is 18.7 Å². The molecule has 3 aromatic rings. The fourth-order valence-corrected chi connectivity index (χ4v) is 4.89. The van der Waals surface area contributed by atoms with Crippen molar-refractivity contribution >= 4 is 11.7 Å². The van der Waals surface area contributed by atoms with Gasteiger partial charge in [0.2, 0.25) is 19.5 Å². The van der Waals surface area contributed by atoms with Crippen molar-refractivity contribution < 1.29 is 28.5 Å². The molecule has 7 heteroatoms. The molecule has 0 bridgehead atoms. The Kier molecular flexibility index (Phi) is 5.09. The minimum absolute atomic E-state index is 0.0133. The molecule has 0 spiro atoms. The van der Waals surface area contributed by atoms with Crippen LogP contribution in [0.5, 0.6) is 23.0 Å². The molecule has 3 heterocycles. The fourth-order valence-electron chi connectivity index (χ4n) is 4.89. The summed E-state index contributed by atoms with van der Waals surface area (Å²) in [7, 11) is 0. The predicted octanol–water partition coefficient (Wildman–Crippen LogP) is 3.84. The number of benzene rings is 3. The second-order valence-corrected chi connectivity index (χ2v) is 8.74. The van der Waals surface area contributed by atoms with Crippen LogP contribution in [0.25, 0.3) is 0 Å². The number of fused-ring (bicyclic) bond motifs is 2. The number of amides is 1. The number of nitrogens with zero attached hydrogens (tertiary/aromatic N) is 1. The van der Waals surface area contributed by atoms with Crippen molar-refractivity contribution in [3.05, 3.63) is 83.4 Å². The number of Topliss-reactive ketones (excluding diaryl/α,β-unsaturated/α-hetero) is 1. The summed E-state index contributed by atoms with van der Waals surface area (Å²) in [6.07, 6.45) is 0.446. The first kappa shape index (κ1) is 20.6. The van der Waals surface area contributed by atoms with Crippen LogP contribution in [0.4, 0.5) is 0 Å². The number of hydrogen-bond donors (Lipinski definition) is 0. The van der Waals surface area contributed by atoms with Gasteiger partial charge in [0.15, 0.2) is 28.8 Å². The molecule has 1 fully saturated rings. The summed E-state index contributed by atoms with van der Waals surface area (Å²) in [5.41, 5.74) is 2.50. The Morgan fingerprint density at radius 3 is 2.24 bits per heavy atom. The summed E-state index contributed by atoms with van der Waals surface area (Å²) in [6.45, 7) is 1.18. The zero-order valence-electron chi connectivity index (χ0n) is 18.4. The zero-order chi connectivity index (χ0) is 23.1. The number of carbonyl (C=O) groups is 2. The Morgan fingerprint density at radius 1 is 0.794 bits per heavy atom. The number of rotatable bonds is 6. The molecule has 0 N–H and O–H groups in total. The first-order valence-electron chi connectivity index (χ1n) is 11.3. The van der Waals surface area contributed by atoms with Gasteiger partial charge in [-0.15, -0.1) is 0 Å². The molecule has 172 valence electrons. The van der Waals surface area contributed by atoms with Crippen molar-refractivity contribution in [3.8, 4) is 23.0 Å². The molecule has 1 amide bonds. The molecule has 7 nitrogen and oxygen atoms in total. The van der Waals surface area contributed by atoms with E-state index in [9.17, 15) is 9.59 Å². The van der Waals surface area contributed by atoms with E-state index in [0.29, 0.717) is 48.1 Å². The summed E-state index contributed by atoms with van der Waals surface area (Å²) in [6, 6.07) is 20.7. The second-order valence-electron chi connectivity index (χ2n) is 8.74. The Hall–Kier alpha value is -4.00. The van der Waals surface area contributed by atoms with Gasteiger partial charge in [-0.25, -0.2) is 0 Å². The average Bonchev–Trinajstić information content (AvgIpc) is 3.59. The average molecular weight is 457 g/mol. The largest absolute Gasteiger partial charge is 0.454 e. The smallest absolute Gasteiger partial charge is 0.231 e. The highest BCUT2D eigenvalue weighted by Crippen LogP contribution is 2.38. The van der Waals surface area contributed by atoms with E-state index in [1.807, 2.05) is 48.5 Å². The molecule has 3 aromatic carbocycles. The van der Waals surface area contributed by atoms with Crippen molar-refractivity contribution in [2.45, 2.75) is 13.0 Å². The maximum atomic E-state index is 13.7. The summed E-state index contributed by atoms with van der Waals surface area (Å²) >= 11 is 0. The highest BCUT2D eigenvalue weighted by atomic mass is 16.7. The van der Waals surface area contributed by atoms with E-state index in [4.69, 9.17) is 18.9 Å². The van der Waals surface area contributed by atoms with Crippen LogP contribution >= 0.6 is 0 Å². The molecule has 2 atom stereocenters. The first-order chi connectivity index (χ1) is 16.7. The van der Waals surface area contributed by atoms with Crippen molar-refractivity contribution in [3.63, 3.8) is 0 Å². The van der Waals surface area contributed by atoms with E-state index >= 15 is 0 Å². The van der Waals surface area contributed by atoms with E-state index in [2.05, 4.69) is 0 Å². The predicted molar refractivity (Wildman–Crippen MR) is 122 cm³/mol. The molecule has 3 aliphatic rings. The Balaban J connectivity index is 1.30. The third-order valence-electron chi connectivity index (χ3n) is 6.63. The Labute approximate surface area is 196 Å². The standard InChI is InChI=1S/C27H23NO6/c29-26(19-7-9-23-25(12-19)34-16-32-23)21-14-28(13-17-4-2-1-3-5-17)27(30)20(21)10-18-6-8-22-24(11-18)33-15-31-22/h1-9,11-12,20-21H,10,13-16H2/t20-,21+/m1/s1. The van der Waals surface area contributed by atoms with Gasteiger partial charge in [-0.1, -0.05) is 36.4 Å². The third-order valence-corrected chi connectivity index (χ3v) is 6.63. The Morgan fingerprint density at radius 2 is 1.47 bits per heavy atom. The lowest BCUT2D eigenvalue weighted by atomic mass is 9.84. The summed E-state index contributed by atoms with van der Waals surface area (Å²) in [5, 5.41) is 0. The topological polar surface area (TPSA) is 74.3 Å². The van der Waals surface area contributed by atoms with E-state index in [1.54, 1.807) is 23.1 Å². The van der Waals surface area contributed by atoms with Crippen molar-refractivity contribution in [2.75, 3.05) is 20.1 Å². The van der Waals surface area contributed by atoms with Crippen molar-refractivity contribution in [1.82, 2.24) is 4.90 Å². The van der Waals surface area contributed by atoms with Gasteiger partial charge in [-0.3, -0.25) is 9.59 Å². The molecule has 34 heavy (non-hydrogen) atoms. The lowest BCUT2D eigenvalue weighted by molar-refractivity contribution is -0.131. The number of hydrogen-bond acceptors (Lipinski definition) is 6. The van der Waals surface area contributed by atoms with Crippen molar-refractivity contribution in [2.24, 2.45) is 11.8 Å². The Bertz CT molecular complexity index is 1260. The van der Waals surface area contributed by atoms with Gasteiger partial charge in [0.25, 0.3) is 0 Å². The SMILES string of the molecule is O=C(c1ccc2c(c1)OCO2)[C@H]1CN(Cc2ccccc2)C(=O)[C@@H]1Cc1ccc2c(c1)OCO2. The van der Waals surface area contributed by atoms with Crippen LogP contribution < -0.4 is 18.9 Å². The second kappa shape index (κ2) is 8.41.